The van der Waals surface area contributed by atoms with E-state index in [1.165, 1.54) is 6.92 Å². The molecule has 0 aliphatic rings. The van der Waals surface area contributed by atoms with E-state index in [9.17, 15) is 5.11 Å². The molecule has 13 heavy (non-hydrogen) atoms. The zero-order valence-corrected chi connectivity index (χ0v) is 8.04. The number of nitrogens with zero attached hydrogens (tertiary/aromatic N) is 1. The fraction of sp³-hybridized carbons (Fsp3) is 0.300. The van der Waals surface area contributed by atoms with Crippen molar-refractivity contribution in [3.63, 3.8) is 0 Å². The summed E-state index contributed by atoms with van der Waals surface area (Å²) in [5.74, 6) is 0. The van der Waals surface area contributed by atoms with Gasteiger partial charge in [-0.05, 0) is 24.6 Å². The fourth-order valence-corrected chi connectivity index (χ4v) is 1.30. The molecule has 1 aromatic carbocycles. The Labute approximate surface area is 82.4 Å². The SMILES string of the molecule is C[C@](O)(C#N)Cc1cccc(Cl)c1. The summed E-state index contributed by atoms with van der Waals surface area (Å²) in [4.78, 5) is 0. The van der Waals surface area contributed by atoms with E-state index >= 15 is 0 Å². The molecule has 0 saturated heterocycles. The molecule has 0 aliphatic heterocycles. The lowest BCUT2D eigenvalue weighted by Crippen LogP contribution is -2.24. The van der Waals surface area contributed by atoms with Crippen molar-refractivity contribution >= 4 is 11.6 Å². The van der Waals surface area contributed by atoms with Gasteiger partial charge >= 0.3 is 0 Å². The first-order chi connectivity index (χ1) is 6.03. The summed E-state index contributed by atoms with van der Waals surface area (Å²) in [6.07, 6.45) is 0.296. The maximum atomic E-state index is 9.46. The first-order valence-corrected chi connectivity index (χ1v) is 4.29. The van der Waals surface area contributed by atoms with Gasteiger partial charge in [0.2, 0.25) is 0 Å². The van der Waals surface area contributed by atoms with Crippen LogP contribution in [0.5, 0.6) is 0 Å². The largest absolute Gasteiger partial charge is 0.375 e. The number of nitriles is 1. The zero-order valence-electron chi connectivity index (χ0n) is 7.29. The second-order valence-electron chi connectivity index (χ2n) is 3.19. The molecule has 0 fully saturated rings. The van der Waals surface area contributed by atoms with E-state index in [1.54, 1.807) is 18.2 Å². The smallest absolute Gasteiger partial charge is 0.152 e. The molecule has 0 saturated carbocycles. The molecule has 0 spiro atoms. The van der Waals surface area contributed by atoms with E-state index in [-0.39, 0.29) is 0 Å². The van der Waals surface area contributed by atoms with Crippen molar-refractivity contribution in [2.75, 3.05) is 0 Å². The van der Waals surface area contributed by atoms with Crippen molar-refractivity contribution in [1.29, 1.82) is 5.26 Å². The molecule has 0 aliphatic carbocycles. The minimum Gasteiger partial charge on any atom is -0.375 e. The van der Waals surface area contributed by atoms with Gasteiger partial charge in [-0.25, -0.2) is 0 Å². The minimum absolute atomic E-state index is 0.296. The average Bonchev–Trinajstić information content (AvgIpc) is 2.03. The fourth-order valence-electron chi connectivity index (χ4n) is 1.08. The first-order valence-electron chi connectivity index (χ1n) is 3.91. The lowest BCUT2D eigenvalue weighted by molar-refractivity contribution is 0.120. The lowest BCUT2D eigenvalue weighted by Gasteiger charge is -2.13. The molecule has 1 atom stereocenters. The van der Waals surface area contributed by atoms with Gasteiger partial charge in [0, 0.05) is 11.4 Å². The predicted molar refractivity (Wildman–Crippen MR) is 51.4 cm³/mol. The van der Waals surface area contributed by atoms with E-state index < -0.39 is 5.60 Å². The van der Waals surface area contributed by atoms with E-state index in [4.69, 9.17) is 16.9 Å². The molecule has 1 rings (SSSR count). The second kappa shape index (κ2) is 3.78. The van der Waals surface area contributed by atoms with Gasteiger partial charge in [-0.1, -0.05) is 23.7 Å². The molecule has 1 aromatic rings. The van der Waals surface area contributed by atoms with E-state index in [1.807, 2.05) is 12.1 Å². The highest BCUT2D eigenvalue weighted by molar-refractivity contribution is 6.30. The number of halogens is 1. The van der Waals surface area contributed by atoms with Crippen LogP contribution in [0.3, 0.4) is 0 Å². The summed E-state index contributed by atoms with van der Waals surface area (Å²) in [6.45, 7) is 1.48. The monoisotopic (exact) mass is 195 g/mol. The molecule has 1 N–H and O–H groups in total. The summed E-state index contributed by atoms with van der Waals surface area (Å²) in [5.41, 5.74) is -0.455. The van der Waals surface area contributed by atoms with Gasteiger partial charge in [0.05, 0.1) is 6.07 Å². The highest BCUT2D eigenvalue weighted by atomic mass is 35.5. The zero-order chi connectivity index (χ0) is 9.90. The number of hydrogen-bond donors (Lipinski definition) is 1. The maximum absolute atomic E-state index is 9.46. The van der Waals surface area contributed by atoms with Crippen LogP contribution in [-0.2, 0) is 6.42 Å². The van der Waals surface area contributed by atoms with Crippen LogP contribution in [0, 0.1) is 11.3 Å². The van der Waals surface area contributed by atoms with Crippen LogP contribution >= 0.6 is 11.6 Å². The van der Waals surface area contributed by atoms with Gasteiger partial charge in [0.1, 0.15) is 0 Å². The van der Waals surface area contributed by atoms with Crippen molar-refractivity contribution < 1.29 is 5.11 Å². The summed E-state index contributed by atoms with van der Waals surface area (Å²) in [6, 6.07) is 8.95. The van der Waals surface area contributed by atoms with Gasteiger partial charge in [-0.3, -0.25) is 0 Å². The molecule has 3 heteroatoms. The second-order valence-corrected chi connectivity index (χ2v) is 3.63. The summed E-state index contributed by atoms with van der Waals surface area (Å²) >= 11 is 5.75. The summed E-state index contributed by atoms with van der Waals surface area (Å²) in [7, 11) is 0. The minimum atomic E-state index is -1.31. The van der Waals surface area contributed by atoms with Gasteiger partial charge in [0.25, 0.3) is 0 Å². The quantitative estimate of drug-likeness (QED) is 0.735. The van der Waals surface area contributed by atoms with Crippen LogP contribution in [0.15, 0.2) is 24.3 Å². The van der Waals surface area contributed by atoms with Crippen molar-refractivity contribution in [3.8, 4) is 6.07 Å². The molecule has 0 unspecified atom stereocenters. The van der Waals surface area contributed by atoms with Gasteiger partial charge < -0.3 is 5.11 Å². The maximum Gasteiger partial charge on any atom is 0.152 e. The Hall–Kier alpha value is -1.04. The van der Waals surface area contributed by atoms with Gasteiger partial charge in [-0.2, -0.15) is 5.26 Å². The molecule has 68 valence electrons. The third-order valence-electron chi connectivity index (χ3n) is 1.68. The third-order valence-corrected chi connectivity index (χ3v) is 1.91. The molecule has 0 radical (unpaired) electrons. The Morgan fingerprint density at radius 1 is 1.62 bits per heavy atom. The summed E-state index contributed by atoms with van der Waals surface area (Å²) < 4.78 is 0. The molecule has 0 aromatic heterocycles. The number of benzene rings is 1. The Bertz CT molecular complexity index is 341. The third kappa shape index (κ3) is 3.06. The van der Waals surface area contributed by atoms with Crippen LogP contribution < -0.4 is 0 Å². The number of aliphatic hydroxyl groups is 1. The Morgan fingerprint density at radius 3 is 2.85 bits per heavy atom. The van der Waals surface area contributed by atoms with Crippen molar-refractivity contribution in [3.05, 3.63) is 34.9 Å². The molecule has 0 bridgehead atoms. The number of rotatable bonds is 2. The van der Waals surface area contributed by atoms with Crippen molar-refractivity contribution in [1.82, 2.24) is 0 Å². The number of hydrogen-bond acceptors (Lipinski definition) is 2. The van der Waals surface area contributed by atoms with Crippen molar-refractivity contribution in [2.45, 2.75) is 18.9 Å². The van der Waals surface area contributed by atoms with Gasteiger partial charge in [-0.15, -0.1) is 0 Å². The Morgan fingerprint density at radius 2 is 2.31 bits per heavy atom. The molecular formula is C10H10ClNO. The van der Waals surface area contributed by atoms with Crippen LogP contribution in [0.1, 0.15) is 12.5 Å². The standard InChI is InChI=1S/C10H10ClNO/c1-10(13,7-12)6-8-3-2-4-9(11)5-8/h2-5,13H,6H2,1H3/t10-/m1/s1. The summed E-state index contributed by atoms with van der Waals surface area (Å²) in [5, 5.41) is 18.7. The lowest BCUT2D eigenvalue weighted by atomic mass is 9.98. The van der Waals surface area contributed by atoms with Crippen LogP contribution in [-0.4, -0.2) is 10.7 Å². The first kappa shape index (κ1) is 10.0. The topological polar surface area (TPSA) is 44.0 Å². The van der Waals surface area contributed by atoms with Crippen LogP contribution in [0.4, 0.5) is 0 Å². The van der Waals surface area contributed by atoms with E-state index in [0.717, 1.165) is 5.56 Å². The molecule has 0 amide bonds. The van der Waals surface area contributed by atoms with E-state index in [0.29, 0.717) is 11.4 Å². The Kier molecular flexibility index (Phi) is 2.92. The van der Waals surface area contributed by atoms with Crippen molar-refractivity contribution in [2.24, 2.45) is 0 Å². The predicted octanol–water partition coefficient (Wildman–Crippen LogP) is 2.16. The normalized spacial score (nSPS) is 14.6. The molecular weight excluding hydrogens is 186 g/mol. The molecule has 0 heterocycles. The highest BCUT2D eigenvalue weighted by Crippen LogP contribution is 2.16. The van der Waals surface area contributed by atoms with E-state index in [2.05, 4.69) is 0 Å². The van der Waals surface area contributed by atoms with Crippen LogP contribution in [0.25, 0.3) is 0 Å². The van der Waals surface area contributed by atoms with Gasteiger partial charge in [0.15, 0.2) is 5.60 Å². The molecule has 2 nitrogen and oxygen atoms in total. The average molecular weight is 196 g/mol. The highest BCUT2D eigenvalue weighted by Gasteiger charge is 2.19. The Balaban J connectivity index is 2.82. The van der Waals surface area contributed by atoms with Crippen LogP contribution in [0.2, 0.25) is 5.02 Å².